The first-order valence-electron chi connectivity index (χ1n) is 16.9. The topological polar surface area (TPSA) is 81.6 Å². The molecule has 3 atom stereocenters. The number of carboxylic acid groups (broad SMARTS) is 1. The minimum Gasteiger partial charge on any atom is -0.481 e. The molecule has 2 aromatic carbocycles. The lowest BCUT2D eigenvalue weighted by Gasteiger charge is -2.38. The monoisotopic (exact) mass is 595 g/mol. The molecule has 0 bridgehead atoms. The molecule has 234 valence electrons. The molecule has 0 spiro atoms. The van der Waals surface area contributed by atoms with Crippen molar-refractivity contribution in [2.45, 2.75) is 89.1 Å². The second-order valence-corrected chi connectivity index (χ2v) is 13.3. The van der Waals surface area contributed by atoms with Crippen LogP contribution < -0.4 is 10.2 Å². The molecule has 2 heterocycles. The molecule has 3 aromatic rings. The van der Waals surface area contributed by atoms with Crippen LogP contribution in [-0.2, 0) is 17.6 Å². The number of benzene rings is 2. The maximum atomic E-state index is 11.6. The van der Waals surface area contributed by atoms with Gasteiger partial charge in [0.2, 0.25) is 5.95 Å². The van der Waals surface area contributed by atoms with E-state index in [4.69, 9.17) is 9.97 Å². The summed E-state index contributed by atoms with van der Waals surface area (Å²) >= 11 is 0. The Bertz CT molecular complexity index is 1370. The summed E-state index contributed by atoms with van der Waals surface area (Å²) in [4.78, 5) is 27.1. The number of carbonyl (C=O) groups is 1. The summed E-state index contributed by atoms with van der Waals surface area (Å²) in [6.45, 7) is 5.51. The van der Waals surface area contributed by atoms with E-state index in [1.54, 1.807) is 0 Å². The summed E-state index contributed by atoms with van der Waals surface area (Å²) in [6, 6.07) is 22.2. The molecule has 2 fully saturated rings. The number of aryl methyl sites for hydroxylation is 1. The average molecular weight is 596 g/mol. The van der Waals surface area contributed by atoms with E-state index in [-0.39, 0.29) is 18.0 Å². The van der Waals surface area contributed by atoms with Gasteiger partial charge in [-0.15, -0.1) is 0 Å². The van der Waals surface area contributed by atoms with E-state index in [1.807, 2.05) is 0 Å². The molecule has 1 saturated carbocycles. The standard InChI is InChI=1S/C37H49N5O2/c1-3-34(28-16-18-29(19-17-28)36(43)44)41(2)37-39-32-21-20-30(26-12-6-4-7-13-26)24-31(32)35(40-37)38-33(25-42-22-10-11-23-42)27-14-8-5-9-15-27/h4-9,12-15,28-30,33-34H,3,10-11,16-25H2,1-2H3,(H,43,44)(H,38,39,40)/t28?,29?,30-,33+,34-/m1/s1. The van der Waals surface area contributed by atoms with Crippen molar-refractivity contribution in [1.29, 1.82) is 0 Å². The zero-order valence-electron chi connectivity index (χ0n) is 26.5. The van der Waals surface area contributed by atoms with Crippen LogP contribution >= 0.6 is 0 Å². The van der Waals surface area contributed by atoms with Gasteiger partial charge in [-0.3, -0.25) is 4.79 Å². The van der Waals surface area contributed by atoms with Crippen LogP contribution in [0.25, 0.3) is 0 Å². The molecule has 0 amide bonds. The molecule has 1 aliphatic heterocycles. The van der Waals surface area contributed by atoms with Crippen LogP contribution in [0.3, 0.4) is 0 Å². The first-order chi connectivity index (χ1) is 21.5. The number of hydrogen-bond donors (Lipinski definition) is 2. The predicted octanol–water partition coefficient (Wildman–Crippen LogP) is 7.10. The third kappa shape index (κ3) is 6.93. The molecule has 1 aromatic heterocycles. The summed E-state index contributed by atoms with van der Waals surface area (Å²) in [6.07, 6.45) is 9.90. The number of fused-ring (bicyclic) bond motifs is 1. The lowest BCUT2D eigenvalue weighted by atomic mass is 9.77. The van der Waals surface area contributed by atoms with Gasteiger partial charge in [0.05, 0.1) is 17.7 Å². The number of nitrogens with zero attached hydrogens (tertiary/aromatic N) is 4. The number of hydrogen-bond acceptors (Lipinski definition) is 6. The van der Waals surface area contributed by atoms with E-state index in [1.165, 1.54) is 35.2 Å². The Labute approximate surface area is 263 Å². The van der Waals surface area contributed by atoms with Crippen molar-refractivity contribution in [1.82, 2.24) is 14.9 Å². The number of aliphatic carboxylic acids is 1. The van der Waals surface area contributed by atoms with Crippen molar-refractivity contribution >= 4 is 17.7 Å². The highest BCUT2D eigenvalue weighted by Crippen LogP contribution is 2.39. The highest BCUT2D eigenvalue weighted by molar-refractivity contribution is 5.70. The Morgan fingerprint density at radius 3 is 2.32 bits per heavy atom. The second kappa shape index (κ2) is 14.1. The highest BCUT2D eigenvalue weighted by Gasteiger charge is 2.34. The van der Waals surface area contributed by atoms with Gasteiger partial charge in [-0.1, -0.05) is 67.6 Å². The molecule has 3 aliphatic rings. The number of anilines is 2. The molecular formula is C37H49N5O2. The van der Waals surface area contributed by atoms with E-state index in [2.05, 4.69) is 89.8 Å². The van der Waals surface area contributed by atoms with Gasteiger partial charge in [0.15, 0.2) is 0 Å². The van der Waals surface area contributed by atoms with E-state index in [0.29, 0.717) is 11.8 Å². The summed E-state index contributed by atoms with van der Waals surface area (Å²) in [5.41, 5.74) is 5.12. The normalized spacial score (nSPS) is 23.5. The first-order valence-corrected chi connectivity index (χ1v) is 16.9. The zero-order valence-corrected chi connectivity index (χ0v) is 26.5. The Morgan fingerprint density at radius 2 is 1.66 bits per heavy atom. The minimum atomic E-state index is -0.644. The highest BCUT2D eigenvalue weighted by atomic mass is 16.4. The Kier molecular flexibility index (Phi) is 9.80. The van der Waals surface area contributed by atoms with Gasteiger partial charge in [0.25, 0.3) is 0 Å². The fourth-order valence-corrected chi connectivity index (χ4v) is 8.02. The molecule has 0 unspecified atom stereocenters. The van der Waals surface area contributed by atoms with E-state index < -0.39 is 5.97 Å². The van der Waals surface area contributed by atoms with Crippen molar-refractivity contribution in [2.75, 3.05) is 36.9 Å². The van der Waals surface area contributed by atoms with E-state index >= 15 is 0 Å². The van der Waals surface area contributed by atoms with Gasteiger partial charge in [0, 0.05) is 25.2 Å². The molecule has 0 radical (unpaired) electrons. The number of nitrogens with one attached hydrogen (secondary N) is 1. The van der Waals surface area contributed by atoms with Crippen LogP contribution in [0.4, 0.5) is 11.8 Å². The Morgan fingerprint density at radius 1 is 0.977 bits per heavy atom. The number of likely N-dealkylation sites (tertiary alicyclic amines) is 1. The zero-order chi connectivity index (χ0) is 30.5. The quantitative estimate of drug-likeness (QED) is 0.245. The molecule has 44 heavy (non-hydrogen) atoms. The van der Waals surface area contributed by atoms with Crippen LogP contribution in [0.1, 0.15) is 92.6 Å². The molecule has 2 N–H and O–H groups in total. The van der Waals surface area contributed by atoms with Gasteiger partial charge < -0.3 is 20.2 Å². The fraction of sp³-hybridized carbons (Fsp3) is 0.541. The molecule has 7 heteroatoms. The molecule has 1 saturated heterocycles. The summed E-state index contributed by atoms with van der Waals surface area (Å²) in [5, 5.41) is 13.5. The van der Waals surface area contributed by atoms with Gasteiger partial charge in [-0.2, -0.15) is 4.98 Å². The van der Waals surface area contributed by atoms with Crippen molar-refractivity contribution in [2.24, 2.45) is 11.8 Å². The van der Waals surface area contributed by atoms with Gasteiger partial charge in [-0.25, -0.2) is 4.98 Å². The van der Waals surface area contributed by atoms with Crippen molar-refractivity contribution in [3.8, 4) is 0 Å². The van der Waals surface area contributed by atoms with Crippen molar-refractivity contribution < 1.29 is 9.90 Å². The first kappa shape index (κ1) is 30.6. The predicted molar refractivity (Wildman–Crippen MR) is 177 cm³/mol. The third-order valence-electron chi connectivity index (χ3n) is 10.6. The van der Waals surface area contributed by atoms with Crippen LogP contribution in [0.15, 0.2) is 60.7 Å². The lowest BCUT2D eigenvalue weighted by Crippen LogP contribution is -2.41. The molecule has 6 rings (SSSR count). The van der Waals surface area contributed by atoms with Crippen molar-refractivity contribution in [3.05, 3.63) is 83.0 Å². The van der Waals surface area contributed by atoms with Gasteiger partial charge >= 0.3 is 5.97 Å². The second-order valence-electron chi connectivity index (χ2n) is 13.3. The lowest BCUT2D eigenvalue weighted by molar-refractivity contribution is -0.143. The largest absolute Gasteiger partial charge is 0.481 e. The van der Waals surface area contributed by atoms with Crippen LogP contribution in [0.5, 0.6) is 0 Å². The van der Waals surface area contributed by atoms with Gasteiger partial charge in [0.1, 0.15) is 5.82 Å². The molecule has 2 aliphatic carbocycles. The summed E-state index contributed by atoms with van der Waals surface area (Å²) in [7, 11) is 2.15. The maximum Gasteiger partial charge on any atom is 0.306 e. The third-order valence-corrected chi connectivity index (χ3v) is 10.6. The fourth-order valence-electron chi connectivity index (χ4n) is 8.02. The SMILES string of the molecule is CC[C@H](C1CCC(C(=O)O)CC1)N(C)c1nc2c(c(N[C@@H](CN3CCCC3)c3ccccc3)n1)C[C@H](c1ccccc1)CC2. The summed E-state index contributed by atoms with van der Waals surface area (Å²) < 4.78 is 0. The smallest absolute Gasteiger partial charge is 0.306 e. The Hall–Kier alpha value is -3.45. The average Bonchev–Trinajstić information content (AvgIpc) is 3.59. The minimum absolute atomic E-state index is 0.136. The molecule has 7 nitrogen and oxygen atoms in total. The van der Waals surface area contributed by atoms with E-state index in [0.717, 1.165) is 82.8 Å². The number of aromatic nitrogens is 2. The summed E-state index contributed by atoms with van der Waals surface area (Å²) in [5.74, 6) is 1.84. The van der Waals surface area contributed by atoms with Gasteiger partial charge in [-0.05, 0) is 100 Å². The number of carboxylic acids is 1. The number of rotatable bonds is 11. The van der Waals surface area contributed by atoms with Crippen LogP contribution in [0.2, 0.25) is 0 Å². The van der Waals surface area contributed by atoms with Crippen LogP contribution in [-0.4, -0.2) is 58.7 Å². The van der Waals surface area contributed by atoms with Crippen LogP contribution in [0, 0.1) is 11.8 Å². The Balaban J connectivity index is 1.33. The maximum absolute atomic E-state index is 11.6. The molecular weight excluding hydrogens is 546 g/mol. The van der Waals surface area contributed by atoms with E-state index in [9.17, 15) is 9.90 Å². The van der Waals surface area contributed by atoms with Crippen molar-refractivity contribution in [3.63, 3.8) is 0 Å².